The Morgan fingerprint density at radius 1 is 1.33 bits per heavy atom. The lowest BCUT2D eigenvalue weighted by molar-refractivity contribution is 0.531. The fourth-order valence-corrected chi connectivity index (χ4v) is 4.16. The maximum Gasteiger partial charge on any atom is 0.244 e. The SMILES string of the molecule is CCC(NS(=O)(=O)c1cc(N)c(F)cc1F)c1cccs1. The van der Waals surface area contributed by atoms with Crippen molar-refractivity contribution in [3.05, 3.63) is 46.2 Å². The molecule has 0 fully saturated rings. The quantitative estimate of drug-likeness (QED) is 0.827. The van der Waals surface area contributed by atoms with Crippen LogP contribution in [0.4, 0.5) is 14.5 Å². The minimum Gasteiger partial charge on any atom is -0.396 e. The molecule has 1 aromatic heterocycles. The first-order valence-electron chi connectivity index (χ1n) is 6.15. The average molecular weight is 332 g/mol. The molecular weight excluding hydrogens is 318 g/mol. The van der Waals surface area contributed by atoms with E-state index >= 15 is 0 Å². The van der Waals surface area contributed by atoms with Gasteiger partial charge in [-0.15, -0.1) is 11.3 Å². The molecule has 2 rings (SSSR count). The van der Waals surface area contributed by atoms with Crippen molar-refractivity contribution in [2.45, 2.75) is 24.3 Å². The number of hydrogen-bond donors (Lipinski definition) is 2. The first kappa shape index (κ1) is 15.9. The van der Waals surface area contributed by atoms with Gasteiger partial charge in [0.05, 0.1) is 11.7 Å². The van der Waals surface area contributed by atoms with Crippen molar-refractivity contribution in [3.63, 3.8) is 0 Å². The van der Waals surface area contributed by atoms with Gasteiger partial charge in [0.1, 0.15) is 16.5 Å². The number of nitrogens with two attached hydrogens (primary N) is 1. The smallest absolute Gasteiger partial charge is 0.244 e. The van der Waals surface area contributed by atoms with E-state index in [-0.39, 0.29) is 0 Å². The number of sulfonamides is 1. The van der Waals surface area contributed by atoms with E-state index in [1.165, 1.54) is 11.3 Å². The molecule has 114 valence electrons. The van der Waals surface area contributed by atoms with E-state index in [0.717, 1.165) is 10.9 Å². The predicted molar refractivity (Wildman–Crippen MR) is 78.4 cm³/mol. The standard InChI is InChI=1S/C13H14F2N2O2S2/c1-2-11(12-4-3-5-20-12)17-21(18,19)13-7-10(16)8(14)6-9(13)15/h3-7,11,17H,2,16H2,1H3. The van der Waals surface area contributed by atoms with E-state index in [0.29, 0.717) is 12.5 Å². The van der Waals surface area contributed by atoms with Crippen molar-refractivity contribution in [2.75, 3.05) is 5.73 Å². The Bertz CT molecular complexity index is 731. The van der Waals surface area contributed by atoms with Crippen LogP contribution in [0.15, 0.2) is 34.5 Å². The number of nitrogens with one attached hydrogen (secondary N) is 1. The molecule has 0 radical (unpaired) electrons. The summed E-state index contributed by atoms with van der Waals surface area (Å²) in [7, 11) is -4.13. The third-order valence-corrected chi connectivity index (χ3v) is 5.41. The van der Waals surface area contributed by atoms with Gasteiger partial charge in [0.25, 0.3) is 0 Å². The van der Waals surface area contributed by atoms with Crippen LogP contribution < -0.4 is 10.5 Å². The lowest BCUT2D eigenvalue weighted by Gasteiger charge is -2.16. The van der Waals surface area contributed by atoms with Crippen molar-refractivity contribution in [1.82, 2.24) is 4.72 Å². The van der Waals surface area contributed by atoms with Gasteiger partial charge in [0, 0.05) is 10.9 Å². The molecule has 0 spiro atoms. The summed E-state index contributed by atoms with van der Waals surface area (Å²) in [6.07, 6.45) is 0.498. The van der Waals surface area contributed by atoms with E-state index in [4.69, 9.17) is 5.73 Å². The largest absolute Gasteiger partial charge is 0.396 e. The monoisotopic (exact) mass is 332 g/mol. The molecule has 21 heavy (non-hydrogen) atoms. The van der Waals surface area contributed by atoms with Gasteiger partial charge in [-0.2, -0.15) is 0 Å². The van der Waals surface area contributed by atoms with Gasteiger partial charge in [0.2, 0.25) is 10.0 Å². The minimum atomic E-state index is -4.13. The zero-order valence-corrected chi connectivity index (χ0v) is 12.8. The molecule has 0 aliphatic rings. The number of benzene rings is 1. The fourth-order valence-electron chi connectivity index (χ4n) is 1.83. The van der Waals surface area contributed by atoms with Crippen molar-refractivity contribution in [1.29, 1.82) is 0 Å². The van der Waals surface area contributed by atoms with Gasteiger partial charge in [-0.05, 0) is 23.9 Å². The fraction of sp³-hybridized carbons (Fsp3) is 0.231. The second-order valence-corrected chi connectivity index (χ2v) is 7.06. The average Bonchev–Trinajstić information content (AvgIpc) is 2.94. The summed E-state index contributed by atoms with van der Waals surface area (Å²) in [5.41, 5.74) is 4.90. The number of thiophene rings is 1. The highest BCUT2D eigenvalue weighted by atomic mass is 32.2. The van der Waals surface area contributed by atoms with Gasteiger partial charge < -0.3 is 5.73 Å². The van der Waals surface area contributed by atoms with E-state index in [9.17, 15) is 17.2 Å². The van der Waals surface area contributed by atoms with Gasteiger partial charge in [-0.1, -0.05) is 13.0 Å². The first-order chi connectivity index (χ1) is 9.85. The van der Waals surface area contributed by atoms with Crippen LogP contribution in [0.5, 0.6) is 0 Å². The second kappa shape index (κ2) is 6.08. The van der Waals surface area contributed by atoms with Crippen LogP contribution in [-0.2, 0) is 10.0 Å². The zero-order chi connectivity index (χ0) is 15.6. The van der Waals surface area contributed by atoms with E-state index < -0.39 is 38.3 Å². The molecule has 0 aliphatic heterocycles. The Labute approximate surface area is 125 Å². The molecule has 4 nitrogen and oxygen atoms in total. The molecule has 0 saturated heterocycles. The molecule has 1 atom stereocenters. The molecule has 1 unspecified atom stereocenters. The Morgan fingerprint density at radius 3 is 2.62 bits per heavy atom. The van der Waals surface area contributed by atoms with Crippen LogP contribution in [0.1, 0.15) is 24.3 Å². The summed E-state index contributed by atoms with van der Waals surface area (Å²) in [4.78, 5) is 0.160. The molecule has 0 aliphatic carbocycles. The Kier molecular flexibility index (Phi) is 4.60. The molecular formula is C13H14F2N2O2S2. The van der Waals surface area contributed by atoms with Crippen LogP contribution in [-0.4, -0.2) is 8.42 Å². The van der Waals surface area contributed by atoms with Crippen LogP contribution in [0, 0.1) is 11.6 Å². The predicted octanol–water partition coefficient (Wildman–Crippen LogP) is 3.04. The van der Waals surface area contributed by atoms with Crippen LogP contribution in [0.25, 0.3) is 0 Å². The lowest BCUT2D eigenvalue weighted by atomic mass is 10.2. The molecule has 0 bridgehead atoms. The topological polar surface area (TPSA) is 72.2 Å². The zero-order valence-electron chi connectivity index (χ0n) is 11.1. The number of halogens is 2. The molecule has 8 heteroatoms. The minimum absolute atomic E-state index is 0.416. The maximum atomic E-state index is 13.7. The van der Waals surface area contributed by atoms with E-state index in [1.54, 1.807) is 12.1 Å². The normalized spacial score (nSPS) is 13.3. The number of nitrogen functional groups attached to an aromatic ring is 1. The summed E-state index contributed by atoms with van der Waals surface area (Å²) in [5, 5.41) is 1.82. The maximum absolute atomic E-state index is 13.7. The Morgan fingerprint density at radius 2 is 2.05 bits per heavy atom. The van der Waals surface area contributed by atoms with Gasteiger partial charge in [-0.25, -0.2) is 21.9 Å². The van der Waals surface area contributed by atoms with E-state index in [1.807, 2.05) is 12.3 Å². The van der Waals surface area contributed by atoms with Crippen LogP contribution >= 0.6 is 11.3 Å². The number of anilines is 1. The van der Waals surface area contributed by atoms with Crippen molar-refractivity contribution in [3.8, 4) is 0 Å². The van der Waals surface area contributed by atoms with Crippen molar-refractivity contribution >= 4 is 27.0 Å². The summed E-state index contributed by atoms with van der Waals surface area (Å²) in [5.74, 6) is -2.16. The van der Waals surface area contributed by atoms with Crippen molar-refractivity contribution in [2.24, 2.45) is 0 Å². The highest BCUT2D eigenvalue weighted by molar-refractivity contribution is 7.89. The summed E-state index contributed by atoms with van der Waals surface area (Å²) < 4.78 is 53.8. The summed E-state index contributed by atoms with van der Waals surface area (Å²) in [6, 6.07) is 4.37. The Hall–Kier alpha value is -1.51. The second-order valence-electron chi connectivity index (χ2n) is 4.40. The highest BCUT2D eigenvalue weighted by Gasteiger charge is 2.25. The molecule has 0 saturated carbocycles. The summed E-state index contributed by atoms with van der Waals surface area (Å²) in [6.45, 7) is 1.81. The number of rotatable bonds is 5. The van der Waals surface area contributed by atoms with Crippen LogP contribution in [0.2, 0.25) is 0 Å². The van der Waals surface area contributed by atoms with E-state index in [2.05, 4.69) is 4.72 Å². The van der Waals surface area contributed by atoms with Gasteiger partial charge >= 0.3 is 0 Å². The molecule has 2 aromatic rings. The van der Waals surface area contributed by atoms with Crippen molar-refractivity contribution < 1.29 is 17.2 Å². The lowest BCUT2D eigenvalue weighted by Crippen LogP contribution is -2.28. The van der Waals surface area contributed by atoms with Gasteiger partial charge in [0.15, 0.2) is 0 Å². The molecule has 3 N–H and O–H groups in total. The third kappa shape index (κ3) is 3.39. The molecule has 1 aromatic carbocycles. The van der Waals surface area contributed by atoms with Crippen LogP contribution in [0.3, 0.4) is 0 Å². The third-order valence-electron chi connectivity index (χ3n) is 2.93. The first-order valence-corrected chi connectivity index (χ1v) is 8.51. The molecule has 0 amide bonds. The van der Waals surface area contributed by atoms with Gasteiger partial charge in [-0.3, -0.25) is 0 Å². The summed E-state index contributed by atoms with van der Waals surface area (Å²) >= 11 is 1.40. The Balaban J connectivity index is 2.36. The number of hydrogen-bond acceptors (Lipinski definition) is 4. The molecule has 1 heterocycles. The highest BCUT2D eigenvalue weighted by Crippen LogP contribution is 2.26.